The first-order valence-electron chi connectivity index (χ1n) is 6.66. The summed E-state index contributed by atoms with van der Waals surface area (Å²) < 4.78 is 49.7. The lowest BCUT2D eigenvalue weighted by Crippen LogP contribution is -2.26. The van der Waals surface area contributed by atoms with Gasteiger partial charge >= 0.3 is 0 Å². The van der Waals surface area contributed by atoms with Crippen molar-refractivity contribution in [2.24, 2.45) is 0 Å². The Morgan fingerprint density at radius 3 is 2.33 bits per heavy atom. The van der Waals surface area contributed by atoms with Gasteiger partial charge < -0.3 is 19.9 Å². The van der Waals surface area contributed by atoms with E-state index in [-0.39, 0.29) is 19.3 Å². The lowest BCUT2D eigenvalue weighted by Gasteiger charge is -2.14. The second kappa shape index (κ2) is 8.86. The Bertz CT molecular complexity index is 420. The molecule has 1 atom stereocenters. The van der Waals surface area contributed by atoms with Crippen molar-refractivity contribution < 1.29 is 27.8 Å². The monoisotopic (exact) mass is 307 g/mol. The maximum absolute atomic E-state index is 13.3. The highest BCUT2D eigenvalue weighted by Crippen LogP contribution is 2.19. The van der Waals surface area contributed by atoms with Gasteiger partial charge in [0.15, 0.2) is 11.6 Å². The van der Waals surface area contributed by atoms with Crippen molar-refractivity contribution in [3.8, 4) is 0 Å². The molecule has 0 aromatic heterocycles. The first-order valence-corrected chi connectivity index (χ1v) is 6.66. The van der Waals surface area contributed by atoms with E-state index >= 15 is 0 Å². The van der Waals surface area contributed by atoms with E-state index in [0.29, 0.717) is 25.3 Å². The van der Waals surface area contributed by atoms with Gasteiger partial charge in [0.1, 0.15) is 11.5 Å². The van der Waals surface area contributed by atoms with Gasteiger partial charge in [0, 0.05) is 18.7 Å². The summed E-state index contributed by atoms with van der Waals surface area (Å²) in [7, 11) is 0. The predicted octanol–water partition coefficient (Wildman–Crippen LogP) is 2.32. The largest absolute Gasteiger partial charge is 0.389 e. The van der Waals surface area contributed by atoms with Crippen LogP contribution in [0.15, 0.2) is 12.1 Å². The minimum atomic E-state index is -1.05. The van der Waals surface area contributed by atoms with Crippen molar-refractivity contribution in [1.82, 2.24) is 0 Å². The number of hydrogen-bond donors (Lipinski definition) is 2. The minimum Gasteiger partial charge on any atom is -0.389 e. The van der Waals surface area contributed by atoms with Crippen molar-refractivity contribution in [2.75, 3.05) is 31.7 Å². The number of aliphatic hydroxyl groups excluding tert-OH is 1. The molecule has 0 amide bonds. The lowest BCUT2D eigenvalue weighted by molar-refractivity contribution is -0.00736. The smallest absolute Gasteiger partial charge is 0.152 e. The van der Waals surface area contributed by atoms with Crippen LogP contribution < -0.4 is 5.32 Å². The fraction of sp³-hybridized carbons (Fsp3) is 0.571. The first-order chi connectivity index (χ1) is 9.90. The molecule has 21 heavy (non-hydrogen) atoms. The summed E-state index contributed by atoms with van der Waals surface area (Å²) in [5.41, 5.74) is -0.474. The number of benzene rings is 1. The van der Waals surface area contributed by atoms with Crippen LogP contribution in [0, 0.1) is 17.5 Å². The summed E-state index contributed by atoms with van der Waals surface area (Å²) in [5.74, 6) is -3.10. The van der Waals surface area contributed by atoms with Crippen LogP contribution in [0.5, 0.6) is 0 Å². The molecule has 2 N–H and O–H groups in total. The first kappa shape index (κ1) is 17.7. The van der Waals surface area contributed by atoms with Crippen LogP contribution in [0.3, 0.4) is 0 Å². The molecule has 4 nitrogen and oxygen atoms in total. The summed E-state index contributed by atoms with van der Waals surface area (Å²) >= 11 is 0. The standard InChI is InChI=1S/C14H20F3NO3/c1-9(2)21-4-3-20-8-11(19)7-18-14-12(16)5-10(15)6-13(14)17/h5-6,9,11,18-19H,3-4,7-8H2,1-2H3. The van der Waals surface area contributed by atoms with Gasteiger partial charge in [0.25, 0.3) is 0 Å². The Kier molecular flexibility index (Phi) is 7.49. The molecule has 0 saturated carbocycles. The molecule has 1 unspecified atom stereocenters. The average molecular weight is 307 g/mol. The molecule has 0 saturated heterocycles. The van der Waals surface area contributed by atoms with Gasteiger partial charge in [-0.05, 0) is 13.8 Å². The van der Waals surface area contributed by atoms with Crippen LogP contribution in [0.4, 0.5) is 18.9 Å². The quantitative estimate of drug-likeness (QED) is 0.688. The van der Waals surface area contributed by atoms with Crippen molar-refractivity contribution in [1.29, 1.82) is 0 Å². The molecule has 0 aliphatic rings. The lowest BCUT2D eigenvalue weighted by atomic mass is 10.2. The fourth-order valence-electron chi connectivity index (χ4n) is 1.55. The van der Waals surface area contributed by atoms with Gasteiger partial charge in [-0.15, -0.1) is 0 Å². The zero-order valence-corrected chi connectivity index (χ0v) is 12.0. The van der Waals surface area contributed by atoms with E-state index in [0.717, 1.165) is 0 Å². The number of halogens is 3. The van der Waals surface area contributed by atoms with Crippen molar-refractivity contribution in [2.45, 2.75) is 26.1 Å². The van der Waals surface area contributed by atoms with E-state index in [9.17, 15) is 18.3 Å². The number of hydrogen-bond acceptors (Lipinski definition) is 4. The Balaban J connectivity index is 2.29. The van der Waals surface area contributed by atoms with E-state index in [1.165, 1.54) is 0 Å². The van der Waals surface area contributed by atoms with Gasteiger partial charge in [0.05, 0.1) is 32.0 Å². The third-order valence-electron chi connectivity index (χ3n) is 2.51. The summed E-state index contributed by atoms with van der Waals surface area (Å²) in [6.07, 6.45) is -0.850. The zero-order chi connectivity index (χ0) is 15.8. The molecule has 0 aliphatic carbocycles. The van der Waals surface area contributed by atoms with Crippen LogP contribution in [-0.4, -0.2) is 43.7 Å². The number of aliphatic hydroxyl groups is 1. The van der Waals surface area contributed by atoms with E-state index in [4.69, 9.17) is 9.47 Å². The summed E-state index contributed by atoms with van der Waals surface area (Å²) in [6, 6.07) is 1.13. The number of nitrogens with one attached hydrogen (secondary N) is 1. The molecule has 0 heterocycles. The van der Waals surface area contributed by atoms with Crippen LogP contribution in [0.1, 0.15) is 13.8 Å². The highest BCUT2D eigenvalue weighted by molar-refractivity contribution is 5.46. The molecule has 1 rings (SSSR count). The van der Waals surface area contributed by atoms with Gasteiger partial charge in [-0.3, -0.25) is 0 Å². The molecule has 7 heteroatoms. The van der Waals surface area contributed by atoms with Gasteiger partial charge in [0.2, 0.25) is 0 Å². The normalized spacial score (nSPS) is 12.7. The van der Waals surface area contributed by atoms with Crippen LogP contribution in [0.25, 0.3) is 0 Å². The SMILES string of the molecule is CC(C)OCCOCC(O)CNc1c(F)cc(F)cc1F. The molecule has 0 radical (unpaired) electrons. The summed E-state index contributed by atoms with van der Waals surface area (Å²) in [4.78, 5) is 0. The Hall–Kier alpha value is -1.31. The van der Waals surface area contributed by atoms with Gasteiger partial charge in [-0.2, -0.15) is 0 Å². The van der Waals surface area contributed by atoms with Gasteiger partial charge in [-0.25, -0.2) is 13.2 Å². The molecule has 120 valence electrons. The number of ether oxygens (including phenoxy) is 2. The maximum atomic E-state index is 13.3. The third kappa shape index (κ3) is 6.79. The molecule has 1 aromatic rings. The highest BCUT2D eigenvalue weighted by atomic mass is 19.1. The van der Waals surface area contributed by atoms with E-state index in [1.54, 1.807) is 0 Å². The topological polar surface area (TPSA) is 50.7 Å². The number of anilines is 1. The van der Waals surface area contributed by atoms with Gasteiger partial charge in [-0.1, -0.05) is 0 Å². The number of rotatable bonds is 9. The molecule has 0 bridgehead atoms. The van der Waals surface area contributed by atoms with Crippen molar-refractivity contribution in [3.05, 3.63) is 29.6 Å². The second-order valence-electron chi connectivity index (χ2n) is 4.77. The van der Waals surface area contributed by atoms with Crippen molar-refractivity contribution >= 4 is 5.69 Å². The van der Waals surface area contributed by atoms with Crippen LogP contribution in [-0.2, 0) is 9.47 Å². The molecule has 0 aliphatic heterocycles. The minimum absolute atomic E-state index is 0.00110. The molecular formula is C14H20F3NO3. The molecular weight excluding hydrogens is 287 g/mol. The van der Waals surface area contributed by atoms with E-state index in [1.807, 2.05) is 13.8 Å². The zero-order valence-electron chi connectivity index (χ0n) is 12.0. The average Bonchev–Trinajstić information content (AvgIpc) is 2.36. The summed E-state index contributed by atoms with van der Waals surface area (Å²) in [5, 5.41) is 12.0. The molecule has 0 fully saturated rings. The van der Waals surface area contributed by atoms with Crippen LogP contribution >= 0.6 is 0 Å². The summed E-state index contributed by atoms with van der Waals surface area (Å²) in [6.45, 7) is 4.38. The fourth-order valence-corrected chi connectivity index (χ4v) is 1.55. The second-order valence-corrected chi connectivity index (χ2v) is 4.77. The predicted molar refractivity (Wildman–Crippen MR) is 72.7 cm³/mol. The van der Waals surface area contributed by atoms with E-state index < -0.39 is 29.2 Å². The molecule has 0 spiro atoms. The Morgan fingerprint density at radius 1 is 1.14 bits per heavy atom. The molecule has 1 aromatic carbocycles. The highest BCUT2D eigenvalue weighted by Gasteiger charge is 2.13. The van der Waals surface area contributed by atoms with E-state index in [2.05, 4.69) is 5.32 Å². The Morgan fingerprint density at radius 2 is 1.76 bits per heavy atom. The van der Waals surface area contributed by atoms with Crippen LogP contribution in [0.2, 0.25) is 0 Å². The van der Waals surface area contributed by atoms with Crippen molar-refractivity contribution in [3.63, 3.8) is 0 Å². The third-order valence-corrected chi connectivity index (χ3v) is 2.51. The Labute approximate surface area is 121 Å². The maximum Gasteiger partial charge on any atom is 0.152 e.